The maximum absolute atomic E-state index is 13.0. The molecule has 3 rings (SSSR count). The zero-order chi connectivity index (χ0) is 18.0. The number of rotatable bonds is 4. The van der Waals surface area contributed by atoms with E-state index in [-0.39, 0.29) is 17.6 Å². The average Bonchev–Trinajstić information content (AvgIpc) is 2.62. The SMILES string of the molecule is CCn1nc(C(=O)N2CCN(C[C@H](C)O)CC2)c2ccccc2c1=O. The second-order valence-corrected chi connectivity index (χ2v) is 6.46. The number of amides is 1. The third-order valence-corrected chi connectivity index (χ3v) is 4.55. The number of β-amino-alcohol motifs (C(OH)–C–C–N with tert-alkyl or cyclic N) is 1. The maximum Gasteiger partial charge on any atom is 0.275 e. The first-order chi connectivity index (χ1) is 12.0. The zero-order valence-electron chi connectivity index (χ0n) is 14.7. The van der Waals surface area contributed by atoms with E-state index < -0.39 is 0 Å². The molecule has 1 atom stereocenters. The molecular weight excluding hydrogens is 320 g/mol. The Bertz CT molecular complexity index is 823. The molecule has 1 aromatic carbocycles. The summed E-state index contributed by atoms with van der Waals surface area (Å²) in [6.45, 7) is 7.27. The molecule has 1 amide bonds. The fourth-order valence-electron chi connectivity index (χ4n) is 3.26. The summed E-state index contributed by atoms with van der Waals surface area (Å²) in [4.78, 5) is 29.3. The topological polar surface area (TPSA) is 78.7 Å². The van der Waals surface area contributed by atoms with Gasteiger partial charge in [-0.3, -0.25) is 14.5 Å². The summed E-state index contributed by atoms with van der Waals surface area (Å²) in [5.74, 6) is -0.143. The van der Waals surface area contributed by atoms with E-state index in [0.29, 0.717) is 42.6 Å². The third kappa shape index (κ3) is 3.57. The van der Waals surface area contributed by atoms with Crippen LogP contribution < -0.4 is 5.56 Å². The number of fused-ring (bicyclic) bond motifs is 1. The van der Waals surface area contributed by atoms with Crippen molar-refractivity contribution < 1.29 is 9.90 Å². The normalized spacial score (nSPS) is 17.0. The molecule has 2 aromatic rings. The summed E-state index contributed by atoms with van der Waals surface area (Å²) in [5.41, 5.74) is 0.164. The van der Waals surface area contributed by atoms with Crippen molar-refractivity contribution in [3.63, 3.8) is 0 Å². The number of carbonyl (C=O) groups excluding carboxylic acids is 1. The van der Waals surface area contributed by atoms with Crippen molar-refractivity contribution in [3.8, 4) is 0 Å². The molecule has 1 aliphatic rings. The van der Waals surface area contributed by atoms with E-state index in [2.05, 4.69) is 10.00 Å². The molecule has 1 N–H and O–H groups in total. The Hall–Kier alpha value is -2.25. The van der Waals surface area contributed by atoms with Gasteiger partial charge < -0.3 is 10.0 Å². The lowest BCUT2D eigenvalue weighted by molar-refractivity contribution is 0.0549. The molecule has 7 heteroatoms. The first-order valence-electron chi connectivity index (χ1n) is 8.70. The number of nitrogens with zero attached hydrogens (tertiary/aromatic N) is 4. The fraction of sp³-hybridized carbons (Fsp3) is 0.500. The second kappa shape index (κ2) is 7.33. The average molecular weight is 344 g/mol. The lowest BCUT2D eigenvalue weighted by Crippen LogP contribution is -2.50. The number of carbonyl (C=O) groups is 1. The highest BCUT2D eigenvalue weighted by molar-refractivity contribution is 6.04. The van der Waals surface area contributed by atoms with Gasteiger partial charge in [-0.2, -0.15) is 5.10 Å². The zero-order valence-corrected chi connectivity index (χ0v) is 14.7. The largest absolute Gasteiger partial charge is 0.392 e. The minimum absolute atomic E-state index is 0.143. The molecule has 1 fully saturated rings. The van der Waals surface area contributed by atoms with Crippen molar-refractivity contribution >= 4 is 16.7 Å². The predicted molar refractivity (Wildman–Crippen MR) is 95.7 cm³/mol. The highest BCUT2D eigenvalue weighted by Crippen LogP contribution is 2.16. The maximum atomic E-state index is 13.0. The Morgan fingerprint density at radius 1 is 1.20 bits per heavy atom. The molecule has 0 bridgehead atoms. The first-order valence-corrected chi connectivity index (χ1v) is 8.70. The van der Waals surface area contributed by atoms with Gasteiger partial charge in [0.15, 0.2) is 5.69 Å². The van der Waals surface area contributed by atoms with E-state index >= 15 is 0 Å². The Labute approximate surface area is 146 Å². The molecule has 2 heterocycles. The van der Waals surface area contributed by atoms with Gasteiger partial charge in [-0.25, -0.2) is 4.68 Å². The van der Waals surface area contributed by atoms with Gasteiger partial charge in [0.25, 0.3) is 11.5 Å². The van der Waals surface area contributed by atoms with Crippen LogP contribution in [-0.4, -0.2) is 69.4 Å². The standard InChI is InChI=1S/C18H24N4O3/c1-3-22-17(24)15-7-5-4-6-14(15)16(19-22)18(25)21-10-8-20(9-11-21)12-13(2)23/h4-7,13,23H,3,8-12H2,1-2H3/t13-/m0/s1. The lowest BCUT2D eigenvalue weighted by Gasteiger charge is -2.35. The molecule has 0 unspecified atom stereocenters. The third-order valence-electron chi connectivity index (χ3n) is 4.55. The Balaban J connectivity index is 1.88. The van der Waals surface area contributed by atoms with E-state index in [0.717, 1.165) is 13.1 Å². The van der Waals surface area contributed by atoms with Crippen LogP contribution in [0.15, 0.2) is 29.1 Å². The van der Waals surface area contributed by atoms with Gasteiger partial charge in [-0.05, 0) is 19.9 Å². The van der Waals surface area contributed by atoms with Gasteiger partial charge in [0.1, 0.15) is 0 Å². The summed E-state index contributed by atoms with van der Waals surface area (Å²) in [6.07, 6.45) is -0.374. The minimum Gasteiger partial charge on any atom is -0.392 e. The molecule has 1 aliphatic heterocycles. The van der Waals surface area contributed by atoms with Crippen molar-refractivity contribution in [2.45, 2.75) is 26.5 Å². The van der Waals surface area contributed by atoms with Crippen molar-refractivity contribution in [2.24, 2.45) is 0 Å². The molecule has 0 radical (unpaired) electrons. The second-order valence-electron chi connectivity index (χ2n) is 6.46. The van der Waals surface area contributed by atoms with E-state index in [1.165, 1.54) is 4.68 Å². The van der Waals surface area contributed by atoms with Crippen LogP contribution in [0, 0.1) is 0 Å². The van der Waals surface area contributed by atoms with Crippen LogP contribution in [0.2, 0.25) is 0 Å². The summed E-state index contributed by atoms with van der Waals surface area (Å²) in [5, 5.41) is 14.9. The number of aryl methyl sites for hydroxylation is 1. The minimum atomic E-state index is -0.374. The summed E-state index contributed by atoms with van der Waals surface area (Å²) < 4.78 is 1.35. The van der Waals surface area contributed by atoms with Gasteiger partial charge >= 0.3 is 0 Å². The highest BCUT2D eigenvalue weighted by atomic mass is 16.3. The molecule has 134 valence electrons. The highest BCUT2D eigenvalue weighted by Gasteiger charge is 2.26. The van der Waals surface area contributed by atoms with Gasteiger partial charge in [-0.1, -0.05) is 18.2 Å². The molecule has 7 nitrogen and oxygen atoms in total. The van der Waals surface area contributed by atoms with Crippen molar-refractivity contribution in [1.82, 2.24) is 19.6 Å². The summed E-state index contributed by atoms with van der Waals surface area (Å²) in [7, 11) is 0. The molecule has 25 heavy (non-hydrogen) atoms. The molecule has 1 saturated heterocycles. The number of aliphatic hydroxyl groups excluding tert-OH is 1. The Morgan fingerprint density at radius 2 is 1.84 bits per heavy atom. The van der Waals surface area contributed by atoms with Crippen LogP contribution in [0.5, 0.6) is 0 Å². The predicted octanol–water partition coefficient (Wildman–Crippen LogP) is 0.555. The number of aliphatic hydroxyl groups is 1. The van der Waals surface area contributed by atoms with Crippen molar-refractivity contribution in [1.29, 1.82) is 0 Å². The number of piperazine rings is 1. The molecule has 0 aliphatic carbocycles. The number of hydrogen-bond acceptors (Lipinski definition) is 5. The van der Waals surface area contributed by atoms with Gasteiger partial charge in [-0.15, -0.1) is 0 Å². The molecule has 0 saturated carbocycles. The monoisotopic (exact) mass is 344 g/mol. The van der Waals surface area contributed by atoms with Crippen LogP contribution in [0.3, 0.4) is 0 Å². The number of aromatic nitrogens is 2. The van der Waals surface area contributed by atoms with Gasteiger partial charge in [0.2, 0.25) is 0 Å². The number of benzene rings is 1. The summed E-state index contributed by atoms with van der Waals surface area (Å²) >= 11 is 0. The lowest BCUT2D eigenvalue weighted by atomic mass is 10.1. The molecule has 0 spiro atoms. The van der Waals surface area contributed by atoms with Crippen LogP contribution >= 0.6 is 0 Å². The van der Waals surface area contributed by atoms with E-state index in [9.17, 15) is 14.7 Å². The Morgan fingerprint density at radius 3 is 2.44 bits per heavy atom. The van der Waals surface area contributed by atoms with Gasteiger partial charge in [0.05, 0.1) is 11.5 Å². The van der Waals surface area contributed by atoms with Crippen LogP contribution in [0.25, 0.3) is 10.8 Å². The smallest absolute Gasteiger partial charge is 0.275 e. The molecule has 1 aromatic heterocycles. The van der Waals surface area contributed by atoms with Crippen molar-refractivity contribution in [2.75, 3.05) is 32.7 Å². The Kier molecular flexibility index (Phi) is 5.15. The van der Waals surface area contributed by atoms with E-state index in [1.54, 1.807) is 30.0 Å². The van der Waals surface area contributed by atoms with Crippen molar-refractivity contribution in [3.05, 3.63) is 40.3 Å². The van der Waals surface area contributed by atoms with Crippen LogP contribution in [0.4, 0.5) is 0 Å². The number of hydrogen-bond donors (Lipinski definition) is 1. The quantitative estimate of drug-likeness (QED) is 0.877. The van der Waals surface area contributed by atoms with E-state index in [1.807, 2.05) is 13.0 Å². The van der Waals surface area contributed by atoms with E-state index in [4.69, 9.17) is 0 Å². The van der Waals surface area contributed by atoms with Gasteiger partial charge in [0, 0.05) is 44.7 Å². The van der Waals surface area contributed by atoms with Crippen LogP contribution in [0.1, 0.15) is 24.3 Å². The summed E-state index contributed by atoms with van der Waals surface area (Å²) in [6, 6.07) is 7.13. The van der Waals surface area contributed by atoms with Crippen LogP contribution in [-0.2, 0) is 6.54 Å². The molecular formula is C18H24N4O3. The first kappa shape index (κ1) is 17.6. The fourth-order valence-corrected chi connectivity index (χ4v) is 3.26.